The van der Waals surface area contributed by atoms with Crippen LogP contribution in [0.1, 0.15) is 18.9 Å². The van der Waals surface area contributed by atoms with E-state index in [9.17, 15) is 8.42 Å². The van der Waals surface area contributed by atoms with Crippen LogP contribution in [0.2, 0.25) is 0 Å². The average molecular weight is 268 g/mol. The maximum Gasteiger partial charge on any atom is 0.273 e. The third-order valence-electron chi connectivity index (χ3n) is 2.79. The lowest BCUT2D eigenvalue weighted by Gasteiger charge is -2.05. The maximum atomic E-state index is 11.5. The fourth-order valence-corrected chi connectivity index (χ4v) is 2.53. The minimum absolute atomic E-state index is 0.114. The number of nitrogens with zero attached hydrogens (tertiary/aromatic N) is 5. The third-order valence-corrected chi connectivity index (χ3v) is 3.58. The summed E-state index contributed by atoms with van der Waals surface area (Å²) < 4.78 is 26.2. The standard InChI is InChI=1S/C9H12N6O2S/c1-14-5-6(4-11-14)8-12-13-9(18(10,16)17)15(8)7-2-3-7/h4-5,7H,2-3H2,1H3,(H2,10,16,17). The highest BCUT2D eigenvalue weighted by Gasteiger charge is 2.33. The van der Waals surface area contributed by atoms with Crippen molar-refractivity contribution in [3.8, 4) is 11.4 Å². The minimum Gasteiger partial charge on any atom is -0.294 e. The van der Waals surface area contributed by atoms with Gasteiger partial charge in [-0.1, -0.05) is 0 Å². The molecule has 0 aromatic carbocycles. The predicted octanol–water partition coefficient (Wildman–Crippen LogP) is -0.339. The molecule has 0 saturated heterocycles. The summed E-state index contributed by atoms with van der Waals surface area (Å²) in [5, 5.41) is 16.6. The van der Waals surface area contributed by atoms with E-state index >= 15 is 0 Å². The molecule has 0 radical (unpaired) electrons. The van der Waals surface area contributed by atoms with E-state index in [2.05, 4.69) is 15.3 Å². The van der Waals surface area contributed by atoms with Gasteiger partial charge < -0.3 is 0 Å². The highest BCUT2D eigenvalue weighted by molar-refractivity contribution is 7.89. The van der Waals surface area contributed by atoms with Gasteiger partial charge in [-0.3, -0.25) is 9.25 Å². The van der Waals surface area contributed by atoms with Crippen LogP contribution in [0.3, 0.4) is 0 Å². The smallest absolute Gasteiger partial charge is 0.273 e. The maximum absolute atomic E-state index is 11.5. The fourth-order valence-electron chi connectivity index (χ4n) is 1.87. The predicted molar refractivity (Wildman–Crippen MR) is 61.9 cm³/mol. The molecule has 3 rings (SSSR count). The fraction of sp³-hybridized carbons (Fsp3) is 0.444. The lowest BCUT2D eigenvalue weighted by atomic mass is 10.3. The molecule has 2 aromatic heterocycles. The van der Waals surface area contributed by atoms with Gasteiger partial charge in [0.15, 0.2) is 5.82 Å². The zero-order valence-corrected chi connectivity index (χ0v) is 10.5. The van der Waals surface area contributed by atoms with E-state index in [0.29, 0.717) is 5.82 Å². The highest BCUT2D eigenvalue weighted by Crippen LogP contribution is 2.39. The Labute approximate surface area is 103 Å². The molecular formula is C9H12N6O2S. The van der Waals surface area contributed by atoms with Crippen molar-refractivity contribution in [3.05, 3.63) is 12.4 Å². The van der Waals surface area contributed by atoms with Gasteiger partial charge in [-0.05, 0) is 12.8 Å². The lowest BCUT2D eigenvalue weighted by Crippen LogP contribution is -2.18. The van der Waals surface area contributed by atoms with Crippen molar-refractivity contribution < 1.29 is 8.42 Å². The van der Waals surface area contributed by atoms with E-state index in [4.69, 9.17) is 5.14 Å². The zero-order chi connectivity index (χ0) is 12.9. The van der Waals surface area contributed by atoms with Crippen molar-refractivity contribution in [1.82, 2.24) is 24.5 Å². The van der Waals surface area contributed by atoms with Crippen LogP contribution in [0.25, 0.3) is 11.4 Å². The molecule has 1 fully saturated rings. The van der Waals surface area contributed by atoms with Crippen LogP contribution in [0.4, 0.5) is 0 Å². The first kappa shape index (κ1) is 11.4. The van der Waals surface area contributed by atoms with Crippen molar-refractivity contribution in [1.29, 1.82) is 0 Å². The largest absolute Gasteiger partial charge is 0.294 e. The number of hydrogen-bond donors (Lipinski definition) is 1. The van der Waals surface area contributed by atoms with Gasteiger partial charge in [0.2, 0.25) is 0 Å². The van der Waals surface area contributed by atoms with Crippen LogP contribution in [-0.4, -0.2) is 33.0 Å². The van der Waals surface area contributed by atoms with E-state index in [1.165, 1.54) is 0 Å². The molecule has 1 aliphatic rings. The second-order valence-corrected chi connectivity index (χ2v) is 5.81. The third kappa shape index (κ3) is 1.81. The van der Waals surface area contributed by atoms with Crippen LogP contribution in [0.15, 0.2) is 17.6 Å². The summed E-state index contributed by atoms with van der Waals surface area (Å²) in [6, 6.07) is 0.114. The molecule has 2 heterocycles. The zero-order valence-electron chi connectivity index (χ0n) is 9.68. The Morgan fingerprint density at radius 3 is 2.61 bits per heavy atom. The molecule has 9 heteroatoms. The number of primary sulfonamides is 1. The molecular weight excluding hydrogens is 256 g/mol. The topological polar surface area (TPSA) is 109 Å². The van der Waals surface area contributed by atoms with Gasteiger partial charge in [-0.25, -0.2) is 13.6 Å². The van der Waals surface area contributed by atoms with E-state index in [-0.39, 0.29) is 11.2 Å². The van der Waals surface area contributed by atoms with E-state index in [0.717, 1.165) is 18.4 Å². The van der Waals surface area contributed by atoms with Gasteiger partial charge in [0.1, 0.15) is 0 Å². The molecule has 2 aromatic rings. The first-order chi connectivity index (χ1) is 8.47. The van der Waals surface area contributed by atoms with Crippen molar-refractivity contribution in [2.45, 2.75) is 24.0 Å². The molecule has 0 atom stereocenters. The summed E-state index contributed by atoms with van der Waals surface area (Å²) in [6.07, 6.45) is 5.20. The van der Waals surface area contributed by atoms with Crippen molar-refractivity contribution in [2.75, 3.05) is 0 Å². The molecule has 96 valence electrons. The average Bonchev–Trinajstić information content (AvgIpc) is 2.85. The number of aromatic nitrogens is 5. The number of nitrogens with two attached hydrogens (primary N) is 1. The monoisotopic (exact) mass is 268 g/mol. The first-order valence-corrected chi connectivity index (χ1v) is 6.98. The van der Waals surface area contributed by atoms with Gasteiger partial charge in [0, 0.05) is 19.3 Å². The SMILES string of the molecule is Cn1cc(-c2nnc(S(N)(=O)=O)n2C2CC2)cn1. The first-order valence-electron chi connectivity index (χ1n) is 5.43. The van der Waals surface area contributed by atoms with Crippen LogP contribution in [0.5, 0.6) is 0 Å². The molecule has 8 nitrogen and oxygen atoms in total. The van der Waals surface area contributed by atoms with Crippen molar-refractivity contribution in [3.63, 3.8) is 0 Å². The molecule has 1 aliphatic carbocycles. The second-order valence-electron chi connectivity index (χ2n) is 4.36. The second kappa shape index (κ2) is 3.62. The molecule has 2 N–H and O–H groups in total. The van der Waals surface area contributed by atoms with Crippen molar-refractivity contribution in [2.24, 2.45) is 12.2 Å². The summed E-state index contributed by atoms with van der Waals surface area (Å²) in [6.45, 7) is 0. The summed E-state index contributed by atoms with van der Waals surface area (Å²) in [5.41, 5.74) is 0.729. The summed E-state index contributed by atoms with van der Waals surface area (Å²) >= 11 is 0. The van der Waals surface area contributed by atoms with Crippen LogP contribution >= 0.6 is 0 Å². The summed E-state index contributed by atoms with van der Waals surface area (Å²) in [5.74, 6) is 0.495. The van der Waals surface area contributed by atoms with E-state index < -0.39 is 10.0 Å². The van der Waals surface area contributed by atoms with Crippen LogP contribution in [-0.2, 0) is 17.1 Å². The highest BCUT2D eigenvalue weighted by atomic mass is 32.2. The molecule has 0 aliphatic heterocycles. The normalized spacial score (nSPS) is 16.1. The van der Waals surface area contributed by atoms with Crippen LogP contribution in [0, 0.1) is 0 Å². The Kier molecular flexibility index (Phi) is 2.29. The molecule has 0 spiro atoms. The molecule has 18 heavy (non-hydrogen) atoms. The lowest BCUT2D eigenvalue weighted by molar-refractivity contribution is 0.567. The van der Waals surface area contributed by atoms with Gasteiger partial charge in [-0.2, -0.15) is 5.10 Å². The van der Waals surface area contributed by atoms with Gasteiger partial charge in [0.05, 0.1) is 11.8 Å². The molecule has 0 unspecified atom stereocenters. The number of sulfonamides is 1. The Bertz CT molecular complexity index is 696. The summed E-state index contributed by atoms with van der Waals surface area (Å²) in [7, 11) is -2.08. The number of hydrogen-bond acceptors (Lipinski definition) is 5. The summed E-state index contributed by atoms with van der Waals surface area (Å²) in [4.78, 5) is 0. The number of rotatable bonds is 3. The van der Waals surface area contributed by atoms with Crippen molar-refractivity contribution >= 4 is 10.0 Å². The Balaban J connectivity index is 2.19. The van der Waals surface area contributed by atoms with Gasteiger partial charge in [-0.15, -0.1) is 10.2 Å². The van der Waals surface area contributed by atoms with Crippen LogP contribution < -0.4 is 5.14 Å². The Hall–Kier alpha value is -1.74. The molecule has 0 bridgehead atoms. The number of aryl methyl sites for hydroxylation is 1. The Morgan fingerprint density at radius 2 is 2.11 bits per heavy atom. The molecule has 1 saturated carbocycles. The molecule has 0 amide bonds. The van der Waals surface area contributed by atoms with E-state index in [1.54, 1.807) is 28.7 Å². The quantitative estimate of drug-likeness (QED) is 0.819. The minimum atomic E-state index is -3.86. The van der Waals surface area contributed by atoms with E-state index in [1.807, 2.05) is 0 Å². The Morgan fingerprint density at radius 1 is 1.39 bits per heavy atom. The van der Waals surface area contributed by atoms with Gasteiger partial charge in [0.25, 0.3) is 15.2 Å². The van der Waals surface area contributed by atoms with Gasteiger partial charge >= 0.3 is 0 Å².